The van der Waals surface area contributed by atoms with E-state index in [9.17, 15) is 14.9 Å². The summed E-state index contributed by atoms with van der Waals surface area (Å²) in [6.07, 6.45) is 2.88. The van der Waals surface area contributed by atoms with Crippen LogP contribution in [0.1, 0.15) is 5.56 Å². The van der Waals surface area contributed by atoms with Crippen LogP contribution in [0.3, 0.4) is 0 Å². The van der Waals surface area contributed by atoms with Gasteiger partial charge in [0.05, 0.1) is 11.3 Å². The number of non-ortho nitro benzene ring substituents is 1. The molecule has 0 aliphatic carbocycles. The van der Waals surface area contributed by atoms with Crippen LogP contribution in [0.25, 0.3) is 0 Å². The summed E-state index contributed by atoms with van der Waals surface area (Å²) in [6, 6.07) is 5.74. The molecule has 1 N–H and O–H groups in total. The van der Waals surface area contributed by atoms with E-state index in [0.29, 0.717) is 5.56 Å². The predicted octanol–water partition coefficient (Wildman–Crippen LogP) is 2.22. The highest BCUT2D eigenvalue weighted by Crippen LogP contribution is 2.15. The average molecular weight is 293 g/mol. The van der Waals surface area contributed by atoms with Crippen LogP contribution in [-0.4, -0.2) is 20.8 Å². The number of benzene rings is 1. The fraction of sp³-hybridized carbons (Fsp3) is 0.0833. The number of carbonyl (C=O) groups is 1. The van der Waals surface area contributed by atoms with Gasteiger partial charge in [-0.25, -0.2) is 9.97 Å². The number of halogens is 1. The van der Waals surface area contributed by atoms with Gasteiger partial charge in [0, 0.05) is 24.5 Å². The summed E-state index contributed by atoms with van der Waals surface area (Å²) >= 11 is 5.76. The molecule has 2 aromatic rings. The maximum atomic E-state index is 11.8. The van der Waals surface area contributed by atoms with Crippen molar-refractivity contribution in [2.45, 2.75) is 6.42 Å². The molecule has 0 bridgehead atoms. The molecule has 0 spiro atoms. The SMILES string of the molecule is O=C(Cc1ccc([N+](=O)[O-])cc1)Nc1nccnc1Cl. The molecule has 0 saturated carbocycles. The maximum Gasteiger partial charge on any atom is 0.269 e. The molecule has 0 radical (unpaired) electrons. The standard InChI is InChI=1S/C12H9ClN4O3/c13-11-12(15-6-5-14-11)16-10(18)7-8-1-3-9(4-2-8)17(19)20/h1-6H,7H2,(H,15,16,18). The largest absolute Gasteiger partial charge is 0.308 e. The number of nitrogens with zero attached hydrogens (tertiary/aromatic N) is 3. The Morgan fingerprint density at radius 1 is 1.25 bits per heavy atom. The van der Waals surface area contributed by atoms with E-state index in [-0.39, 0.29) is 29.0 Å². The monoisotopic (exact) mass is 292 g/mol. The molecule has 2 rings (SSSR count). The summed E-state index contributed by atoms with van der Waals surface area (Å²) in [5.74, 6) is -0.151. The Kier molecular flexibility index (Phi) is 4.21. The third kappa shape index (κ3) is 3.48. The zero-order valence-corrected chi connectivity index (χ0v) is 10.9. The maximum absolute atomic E-state index is 11.8. The number of hydrogen-bond acceptors (Lipinski definition) is 5. The second kappa shape index (κ2) is 6.07. The van der Waals surface area contributed by atoms with E-state index in [1.54, 1.807) is 0 Å². The van der Waals surface area contributed by atoms with E-state index in [0.717, 1.165) is 0 Å². The molecule has 102 valence electrons. The number of nitro groups is 1. The van der Waals surface area contributed by atoms with E-state index >= 15 is 0 Å². The molecular weight excluding hydrogens is 284 g/mol. The molecule has 0 aliphatic heterocycles. The van der Waals surface area contributed by atoms with Crippen LogP contribution in [0.5, 0.6) is 0 Å². The topological polar surface area (TPSA) is 98.0 Å². The van der Waals surface area contributed by atoms with Crippen molar-refractivity contribution >= 4 is 29.0 Å². The lowest BCUT2D eigenvalue weighted by molar-refractivity contribution is -0.384. The smallest absolute Gasteiger partial charge is 0.269 e. The summed E-state index contributed by atoms with van der Waals surface area (Å²) in [6.45, 7) is 0. The molecule has 20 heavy (non-hydrogen) atoms. The molecule has 0 aliphatic rings. The van der Waals surface area contributed by atoms with Crippen LogP contribution in [0.15, 0.2) is 36.7 Å². The molecule has 0 atom stereocenters. The lowest BCUT2D eigenvalue weighted by Gasteiger charge is -2.05. The first-order valence-electron chi connectivity index (χ1n) is 5.56. The fourth-order valence-corrected chi connectivity index (χ4v) is 1.65. The Hall–Kier alpha value is -2.54. The second-order valence-corrected chi connectivity index (χ2v) is 4.20. The first-order chi connectivity index (χ1) is 9.56. The van der Waals surface area contributed by atoms with Crippen LogP contribution in [-0.2, 0) is 11.2 Å². The zero-order chi connectivity index (χ0) is 14.5. The Labute approximate surface area is 118 Å². The van der Waals surface area contributed by atoms with Crippen LogP contribution >= 0.6 is 11.6 Å². The van der Waals surface area contributed by atoms with Crippen molar-refractivity contribution in [3.05, 3.63) is 57.5 Å². The summed E-state index contributed by atoms with van der Waals surface area (Å²) in [5, 5.41) is 13.1. The number of rotatable bonds is 4. The van der Waals surface area contributed by atoms with Gasteiger partial charge in [0.25, 0.3) is 5.69 Å². The molecule has 1 aromatic heterocycles. The Bertz CT molecular complexity index is 645. The number of nitrogens with one attached hydrogen (secondary N) is 1. The molecule has 1 amide bonds. The van der Waals surface area contributed by atoms with Crippen molar-refractivity contribution in [3.8, 4) is 0 Å². The van der Waals surface area contributed by atoms with E-state index < -0.39 is 4.92 Å². The minimum absolute atomic E-state index is 0.0221. The highest BCUT2D eigenvalue weighted by atomic mass is 35.5. The molecule has 0 unspecified atom stereocenters. The normalized spacial score (nSPS) is 10.1. The minimum atomic E-state index is -0.497. The quantitative estimate of drug-likeness (QED) is 0.688. The van der Waals surface area contributed by atoms with E-state index in [2.05, 4.69) is 15.3 Å². The summed E-state index contributed by atoms with van der Waals surface area (Å²) in [7, 11) is 0. The second-order valence-electron chi connectivity index (χ2n) is 3.84. The number of amides is 1. The van der Waals surface area contributed by atoms with Crippen LogP contribution < -0.4 is 5.32 Å². The molecular formula is C12H9ClN4O3. The Balaban J connectivity index is 2.01. The summed E-state index contributed by atoms with van der Waals surface area (Å²) in [4.78, 5) is 29.5. The van der Waals surface area contributed by atoms with Crippen molar-refractivity contribution < 1.29 is 9.72 Å². The lowest BCUT2D eigenvalue weighted by atomic mass is 10.1. The van der Waals surface area contributed by atoms with E-state index in [4.69, 9.17) is 11.6 Å². The van der Waals surface area contributed by atoms with Gasteiger partial charge in [-0.3, -0.25) is 14.9 Å². The zero-order valence-electron chi connectivity index (χ0n) is 10.1. The lowest BCUT2D eigenvalue weighted by Crippen LogP contribution is -2.15. The van der Waals surface area contributed by atoms with Crippen LogP contribution in [0, 0.1) is 10.1 Å². The summed E-state index contributed by atoms with van der Waals surface area (Å²) in [5.41, 5.74) is 0.624. The van der Waals surface area contributed by atoms with Gasteiger partial charge in [-0.05, 0) is 5.56 Å². The first-order valence-corrected chi connectivity index (χ1v) is 5.94. The molecule has 1 heterocycles. The van der Waals surface area contributed by atoms with Gasteiger partial charge in [0.2, 0.25) is 5.91 Å². The molecule has 8 heteroatoms. The highest BCUT2D eigenvalue weighted by Gasteiger charge is 2.10. The van der Waals surface area contributed by atoms with Gasteiger partial charge in [0.1, 0.15) is 0 Å². The van der Waals surface area contributed by atoms with Crippen molar-refractivity contribution in [1.29, 1.82) is 0 Å². The molecule has 0 fully saturated rings. The van der Waals surface area contributed by atoms with E-state index in [1.807, 2.05) is 0 Å². The van der Waals surface area contributed by atoms with Crippen LogP contribution in [0.4, 0.5) is 11.5 Å². The number of nitro benzene ring substituents is 1. The van der Waals surface area contributed by atoms with Crippen molar-refractivity contribution in [1.82, 2.24) is 9.97 Å². The third-order valence-corrected chi connectivity index (χ3v) is 2.70. The highest BCUT2D eigenvalue weighted by molar-refractivity contribution is 6.32. The summed E-state index contributed by atoms with van der Waals surface area (Å²) < 4.78 is 0. The minimum Gasteiger partial charge on any atom is -0.308 e. The van der Waals surface area contributed by atoms with Gasteiger partial charge in [0.15, 0.2) is 11.0 Å². The van der Waals surface area contributed by atoms with Crippen molar-refractivity contribution in [2.75, 3.05) is 5.32 Å². The van der Waals surface area contributed by atoms with Gasteiger partial charge in [-0.1, -0.05) is 23.7 Å². The Morgan fingerprint density at radius 3 is 2.50 bits per heavy atom. The van der Waals surface area contributed by atoms with Gasteiger partial charge in [-0.2, -0.15) is 0 Å². The number of carbonyl (C=O) groups excluding carboxylic acids is 1. The fourth-order valence-electron chi connectivity index (χ4n) is 1.50. The van der Waals surface area contributed by atoms with Crippen molar-refractivity contribution in [3.63, 3.8) is 0 Å². The number of anilines is 1. The Morgan fingerprint density at radius 2 is 1.90 bits per heavy atom. The number of hydrogen-bond donors (Lipinski definition) is 1. The molecule has 0 saturated heterocycles. The van der Waals surface area contributed by atoms with Gasteiger partial charge in [-0.15, -0.1) is 0 Å². The third-order valence-electron chi connectivity index (χ3n) is 2.42. The molecule has 7 nitrogen and oxygen atoms in total. The predicted molar refractivity (Wildman–Crippen MR) is 72.5 cm³/mol. The average Bonchev–Trinajstić information content (AvgIpc) is 2.42. The van der Waals surface area contributed by atoms with Gasteiger partial charge >= 0.3 is 0 Å². The van der Waals surface area contributed by atoms with Gasteiger partial charge < -0.3 is 5.32 Å². The van der Waals surface area contributed by atoms with E-state index in [1.165, 1.54) is 36.7 Å². The number of aromatic nitrogens is 2. The van der Waals surface area contributed by atoms with Crippen LogP contribution in [0.2, 0.25) is 5.15 Å². The molecule has 1 aromatic carbocycles. The first kappa shape index (κ1) is 13.9. The van der Waals surface area contributed by atoms with Crippen molar-refractivity contribution in [2.24, 2.45) is 0 Å².